The average Bonchev–Trinajstić information content (AvgIpc) is 1.97. The molecule has 2 heteroatoms. The number of halogens is 1. The van der Waals surface area contributed by atoms with Crippen LogP contribution in [0.4, 0.5) is 4.39 Å². The maximum Gasteiger partial charge on any atom is 0.163 e. The third kappa shape index (κ3) is 1.37. The zero-order chi connectivity index (χ0) is 9.30. The molecule has 0 saturated carbocycles. The molecule has 0 aliphatic carbocycles. The van der Waals surface area contributed by atoms with Gasteiger partial charge < -0.3 is 0 Å². The Bertz CT molecular complexity index is 329. The van der Waals surface area contributed by atoms with E-state index in [1.54, 1.807) is 26.0 Å². The van der Waals surface area contributed by atoms with Gasteiger partial charge in [-0.25, -0.2) is 4.39 Å². The molecular weight excluding hydrogens is 155 g/mol. The van der Waals surface area contributed by atoms with Crippen molar-refractivity contribution in [1.82, 2.24) is 0 Å². The van der Waals surface area contributed by atoms with E-state index in [1.807, 2.05) is 0 Å². The second kappa shape index (κ2) is 3.05. The van der Waals surface area contributed by atoms with E-state index in [2.05, 4.69) is 0 Å². The number of hydrogen-bond donors (Lipinski definition) is 0. The fraction of sp³-hybridized carbons (Fsp3) is 0.300. The van der Waals surface area contributed by atoms with E-state index in [4.69, 9.17) is 0 Å². The van der Waals surface area contributed by atoms with Gasteiger partial charge in [0.15, 0.2) is 5.78 Å². The molecule has 0 spiro atoms. The second-order valence-electron chi connectivity index (χ2n) is 2.94. The van der Waals surface area contributed by atoms with Gasteiger partial charge in [0.05, 0.1) is 5.56 Å². The van der Waals surface area contributed by atoms with Crippen LogP contribution in [0.3, 0.4) is 0 Å². The van der Waals surface area contributed by atoms with Gasteiger partial charge in [0.1, 0.15) is 5.82 Å². The van der Waals surface area contributed by atoms with Gasteiger partial charge in [-0.1, -0.05) is 12.1 Å². The summed E-state index contributed by atoms with van der Waals surface area (Å²) in [5.41, 5.74) is 1.44. The first-order valence-electron chi connectivity index (χ1n) is 3.80. The van der Waals surface area contributed by atoms with Crippen molar-refractivity contribution >= 4 is 5.78 Å². The van der Waals surface area contributed by atoms with Crippen LogP contribution in [0, 0.1) is 19.7 Å². The highest BCUT2D eigenvalue weighted by Gasteiger charge is 2.11. The minimum atomic E-state index is -0.387. The Morgan fingerprint density at radius 3 is 2.17 bits per heavy atom. The van der Waals surface area contributed by atoms with Gasteiger partial charge in [-0.15, -0.1) is 0 Å². The van der Waals surface area contributed by atoms with Crippen LogP contribution in [-0.2, 0) is 0 Å². The van der Waals surface area contributed by atoms with E-state index in [0.29, 0.717) is 11.1 Å². The summed E-state index contributed by atoms with van der Waals surface area (Å²) >= 11 is 0. The SMILES string of the molecule is CC(=O)c1c(C)ccc(C)c1F. The van der Waals surface area contributed by atoms with E-state index in [-0.39, 0.29) is 17.2 Å². The van der Waals surface area contributed by atoms with Gasteiger partial charge in [0, 0.05) is 0 Å². The Morgan fingerprint density at radius 1 is 1.25 bits per heavy atom. The fourth-order valence-corrected chi connectivity index (χ4v) is 1.21. The number of carbonyl (C=O) groups excluding carboxylic acids is 1. The van der Waals surface area contributed by atoms with Gasteiger partial charge in [-0.05, 0) is 31.9 Å². The molecule has 0 unspecified atom stereocenters. The summed E-state index contributed by atoms with van der Waals surface area (Å²) in [5.74, 6) is -0.601. The van der Waals surface area contributed by atoms with E-state index < -0.39 is 0 Å². The maximum absolute atomic E-state index is 13.3. The molecule has 12 heavy (non-hydrogen) atoms. The zero-order valence-electron chi connectivity index (χ0n) is 7.44. The van der Waals surface area contributed by atoms with E-state index >= 15 is 0 Å². The van der Waals surface area contributed by atoms with Crippen LogP contribution in [0.2, 0.25) is 0 Å². The average molecular weight is 166 g/mol. The van der Waals surface area contributed by atoms with E-state index in [1.165, 1.54) is 6.92 Å². The molecule has 0 saturated heterocycles. The van der Waals surface area contributed by atoms with Crippen LogP contribution in [0.25, 0.3) is 0 Å². The van der Waals surface area contributed by atoms with Crippen LogP contribution in [0.15, 0.2) is 12.1 Å². The van der Waals surface area contributed by atoms with Crippen LogP contribution in [0.1, 0.15) is 28.4 Å². The van der Waals surface area contributed by atoms with Crippen molar-refractivity contribution in [3.05, 3.63) is 34.6 Å². The van der Waals surface area contributed by atoms with Gasteiger partial charge in [0.25, 0.3) is 0 Å². The van der Waals surface area contributed by atoms with Gasteiger partial charge in [-0.2, -0.15) is 0 Å². The summed E-state index contributed by atoms with van der Waals surface area (Å²) in [7, 11) is 0. The number of Topliss-reactive ketones (excluding diaryl/α,β-unsaturated/α-hetero) is 1. The van der Waals surface area contributed by atoms with Crippen molar-refractivity contribution in [3.8, 4) is 0 Å². The smallest absolute Gasteiger partial charge is 0.163 e. The molecule has 0 bridgehead atoms. The van der Waals surface area contributed by atoms with Crippen LogP contribution >= 0.6 is 0 Å². The highest BCUT2D eigenvalue weighted by Crippen LogP contribution is 2.16. The highest BCUT2D eigenvalue weighted by atomic mass is 19.1. The Labute approximate surface area is 71.2 Å². The quantitative estimate of drug-likeness (QED) is 0.586. The monoisotopic (exact) mass is 166 g/mol. The third-order valence-corrected chi connectivity index (χ3v) is 1.90. The number of aryl methyl sites for hydroxylation is 2. The molecule has 0 heterocycles. The highest BCUT2D eigenvalue weighted by molar-refractivity contribution is 5.95. The first-order chi connectivity index (χ1) is 5.54. The topological polar surface area (TPSA) is 17.1 Å². The summed E-state index contributed by atoms with van der Waals surface area (Å²) in [6.07, 6.45) is 0. The molecule has 0 amide bonds. The zero-order valence-corrected chi connectivity index (χ0v) is 7.44. The molecule has 1 aromatic rings. The van der Waals surface area contributed by atoms with Crippen molar-refractivity contribution in [2.45, 2.75) is 20.8 Å². The lowest BCUT2D eigenvalue weighted by Crippen LogP contribution is -2.02. The van der Waals surface area contributed by atoms with E-state index in [9.17, 15) is 9.18 Å². The van der Waals surface area contributed by atoms with Crippen molar-refractivity contribution < 1.29 is 9.18 Å². The third-order valence-electron chi connectivity index (χ3n) is 1.90. The summed E-state index contributed by atoms with van der Waals surface area (Å²) in [6.45, 7) is 4.77. The second-order valence-corrected chi connectivity index (χ2v) is 2.94. The van der Waals surface area contributed by atoms with Crippen LogP contribution in [-0.4, -0.2) is 5.78 Å². The number of carbonyl (C=O) groups is 1. The predicted octanol–water partition coefficient (Wildman–Crippen LogP) is 2.65. The Hall–Kier alpha value is -1.18. The van der Waals surface area contributed by atoms with Crippen LogP contribution < -0.4 is 0 Å². The molecule has 0 radical (unpaired) electrons. The first-order valence-corrected chi connectivity index (χ1v) is 3.80. The van der Waals surface area contributed by atoms with Crippen molar-refractivity contribution in [2.24, 2.45) is 0 Å². The lowest BCUT2D eigenvalue weighted by molar-refractivity contribution is 0.101. The van der Waals surface area contributed by atoms with Gasteiger partial charge >= 0.3 is 0 Å². The molecule has 1 aromatic carbocycles. The van der Waals surface area contributed by atoms with Crippen LogP contribution in [0.5, 0.6) is 0 Å². The normalized spacial score (nSPS) is 10.0. The minimum Gasteiger partial charge on any atom is -0.294 e. The lowest BCUT2D eigenvalue weighted by Gasteiger charge is -2.05. The molecule has 1 nitrogen and oxygen atoms in total. The molecule has 1 rings (SSSR count). The number of benzene rings is 1. The van der Waals surface area contributed by atoms with E-state index in [0.717, 1.165) is 0 Å². The Kier molecular flexibility index (Phi) is 2.27. The van der Waals surface area contributed by atoms with Gasteiger partial charge in [-0.3, -0.25) is 4.79 Å². The largest absolute Gasteiger partial charge is 0.294 e. The molecule has 0 N–H and O–H groups in total. The maximum atomic E-state index is 13.3. The molecule has 0 fully saturated rings. The molecule has 0 atom stereocenters. The predicted molar refractivity (Wildman–Crippen MR) is 45.9 cm³/mol. The summed E-state index contributed by atoms with van der Waals surface area (Å²) in [4.78, 5) is 11.0. The lowest BCUT2D eigenvalue weighted by atomic mass is 10.0. The molecule has 0 aliphatic rings. The fourth-order valence-electron chi connectivity index (χ4n) is 1.21. The Morgan fingerprint density at radius 2 is 1.75 bits per heavy atom. The standard InChI is InChI=1S/C10H11FO/c1-6-4-5-7(2)10(11)9(6)8(3)12/h4-5H,1-3H3. The summed E-state index contributed by atoms with van der Waals surface area (Å²) < 4.78 is 13.3. The Balaban J connectivity index is 3.43. The molecule has 0 aliphatic heterocycles. The van der Waals surface area contributed by atoms with Crippen molar-refractivity contribution in [3.63, 3.8) is 0 Å². The van der Waals surface area contributed by atoms with Gasteiger partial charge in [0.2, 0.25) is 0 Å². The molecule has 64 valence electrons. The summed E-state index contributed by atoms with van der Waals surface area (Å²) in [6, 6.07) is 3.44. The number of hydrogen-bond acceptors (Lipinski definition) is 1. The van der Waals surface area contributed by atoms with Crippen molar-refractivity contribution in [2.75, 3.05) is 0 Å². The van der Waals surface area contributed by atoms with Crippen molar-refractivity contribution in [1.29, 1.82) is 0 Å². The first kappa shape index (κ1) is 8.91. The number of rotatable bonds is 1. The number of ketones is 1. The minimum absolute atomic E-state index is 0.214. The molecular formula is C10H11FO. The summed E-state index contributed by atoms with van der Waals surface area (Å²) in [5, 5.41) is 0. The molecule has 0 aromatic heterocycles.